The first-order chi connectivity index (χ1) is 9.72. The van der Waals surface area contributed by atoms with Crippen molar-refractivity contribution in [3.05, 3.63) is 35.7 Å². The maximum absolute atomic E-state index is 5.76. The third kappa shape index (κ3) is 3.90. The molecule has 2 rings (SSSR count). The summed E-state index contributed by atoms with van der Waals surface area (Å²) in [6.07, 6.45) is 2.40. The molecule has 4 nitrogen and oxygen atoms in total. The molecule has 1 aromatic carbocycles. The summed E-state index contributed by atoms with van der Waals surface area (Å²) in [5.41, 5.74) is 2.20. The molecule has 1 aromatic heterocycles. The fourth-order valence-corrected chi connectivity index (χ4v) is 2.05. The van der Waals surface area contributed by atoms with Crippen molar-refractivity contribution in [2.75, 3.05) is 13.1 Å². The largest absolute Gasteiger partial charge is 0.419 e. The molecule has 0 amide bonds. The number of unbranched alkanes of at least 4 members (excludes halogenated alkanes) is 1. The van der Waals surface area contributed by atoms with Crippen molar-refractivity contribution in [3.8, 4) is 11.5 Å². The molecule has 20 heavy (non-hydrogen) atoms. The van der Waals surface area contributed by atoms with Crippen LogP contribution in [-0.4, -0.2) is 28.2 Å². The Morgan fingerprint density at radius 1 is 1.10 bits per heavy atom. The van der Waals surface area contributed by atoms with Crippen molar-refractivity contribution < 1.29 is 4.42 Å². The summed E-state index contributed by atoms with van der Waals surface area (Å²) >= 11 is 0. The Balaban J connectivity index is 2.02. The number of hydrogen-bond acceptors (Lipinski definition) is 4. The summed E-state index contributed by atoms with van der Waals surface area (Å²) < 4.78 is 5.76. The summed E-state index contributed by atoms with van der Waals surface area (Å²) in [5, 5.41) is 8.29. The normalized spacial score (nSPS) is 11.2. The van der Waals surface area contributed by atoms with E-state index in [0.29, 0.717) is 11.8 Å². The quantitative estimate of drug-likeness (QED) is 0.772. The van der Waals surface area contributed by atoms with Crippen LogP contribution in [-0.2, 0) is 6.54 Å². The topological polar surface area (TPSA) is 42.2 Å². The fourth-order valence-electron chi connectivity index (χ4n) is 2.05. The van der Waals surface area contributed by atoms with Gasteiger partial charge in [-0.1, -0.05) is 38.0 Å². The zero-order valence-corrected chi connectivity index (χ0v) is 12.6. The zero-order chi connectivity index (χ0) is 14.4. The highest BCUT2D eigenvalue weighted by Crippen LogP contribution is 2.18. The lowest BCUT2D eigenvalue weighted by Gasteiger charge is -2.17. The van der Waals surface area contributed by atoms with Crippen molar-refractivity contribution >= 4 is 0 Å². The second-order valence-corrected chi connectivity index (χ2v) is 5.09. The van der Waals surface area contributed by atoms with E-state index < -0.39 is 0 Å². The van der Waals surface area contributed by atoms with Gasteiger partial charge < -0.3 is 4.42 Å². The smallest absolute Gasteiger partial charge is 0.247 e. The third-order valence-corrected chi connectivity index (χ3v) is 3.40. The molecule has 0 radical (unpaired) electrons. The number of rotatable bonds is 7. The van der Waals surface area contributed by atoms with Crippen molar-refractivity contribution in [2.45, 2.75) is 40.2 Å². The van der Waals surface area contributed by atoms with Gasteiger partial charge in [0.15, 0.2) is 0 Å². The van der Waals surface area contributed by atoms with E-state index in [4.69, 9.17) is 4.42 Å². The fraction of sp³-hybridized carbons (Fsp3) is 0.500. The molecule has 0 unspecified atom stereocenters. The Labute approximate surface area is 120 Å². The van der Waals surface area contributed by atoms with Gasteiger partial charge >= 0.3 is 0 Å². The van der Waals surface area contributed by atoms with Gasteiger partial charge in [0.2, 0.25) is 11.8 Å². The third-order valence-electron chi connectivity index (χ3n) is 3.40. The highest BCUT2D eigenvalue weighted by molar-refractivity contribution is 5.52. The second kappa shape index (κ2) is 7.20. The molecule has 0 aliphatic carbocycles. The molecule has 0 atom stereocenters. The summed E-state index contributed by atoms with van der Waals surface area (Å²) in [6.45, 7) is 9.24. The average Bonchev–Trinajstić information content (AvgIpc) is 2.92. The minimum absolute atomic E-state index is 0.603. The molecule has 0 saturated heterocycles. The van der Waals surface area contributed by atoms with E-state index in [0.717, 1.165) is 25.2 Å². The molecule has 0 saturated carbocycles. The average molecular weight is 273 g/mol. The van der Waals surface area contributed by atoms with Crippen LogP contribution in [0.1, 0.15) is 38.1 Å². The summed E-state index contributed by atoms with van der Waals surface area (Å²) in [6, 6.07) is 8.14. The van der Waals surface area contributed by atoms with E-state index in [-0.39, 0.29) is 0 Å². The maximum Gasteiger partial charge on any atom is 0.247 e. The second-order valence-electron chi connectivity index (χ2n) is 5.09. The van der Waals surface area contributed by atoms with Gasteiger partial charge in [0.05, 0.1) is 6.54 Å². The van der Waals surface area contributed by atoms with Crippen LogP contribution in [0.15, 0.2) is 28.7 Å². The van der Waals surface area contributed by atoms with Gasteiger partial charge in [0.25, 0.3) is 0 Å². The molecular weight excluding hydrogens is 250 g/mol. The van der Waals surface area contributed by atoms with E-state index in [9.17, 15) is 0 Å². The predicted octanol–water partition coefficient (Wildman–Crippen LogP) is 3.67. The zero-order valence-electron chi connectivity index (χ0n) is 12.6. The highest BCUT2D eigenvalue weighted by atomic mass is 16.4. The van der Waals surface area contributed by atoms with Gasteiger partial charge in [-0.3, -0.25) is 4.90 Å². The Bertz CT molecular complexity index is 519. The molecule has 0 N–H and O–H groups in total. The molecular formula is C16H23N3O. The van der Waals surface area contributed by atoms with E-state index in [1.54, 1.807) is 0 Å². The lowest BCUT2D eigenvalue weighted by Crippen LogP contribution is -2.24. The molecule has 1 heterocycles. The van der Waals surface area contributed by atoms with Crippen LogP contribution < -0.4 is 0 Å². The van der Waals surface area contributed by atoms with Crippen LogP contribution in [0.5, 0.6) is 0 Å². The Kier molecular flexibility index (Phi) is 5.30. The van der Waals surface area contributed by atoms with Crippen LogP contribution >= 0.6 is 0 Å². The first-order valence-corrected chi connectivity index (χ1v) is 7.34. The van der Waals surface area contributed by atoms with E-state index >= 15 is 0 Å². The van der Waals surface area contributed by atoms with Crippen molar-refractivity contribution in [2.24, 2.45) is 0 Å². The van der Waals surface area contributed by atoms with Crippen LogP contribution in [0.3, 0.4) is 0 Å². The SMILES string of the molecule is CCCCN(CC)Cc1nnc(-c2ccc(C)cc2)o1. The number of hydrogen-bond donors (Lipinski definition) is 0. The maximum atomic E-state index is 5.76. The van der Waals surface area contributed by atoms with E-state index in [2.05, 4.69) is 48.0 Å². The van der Waals surface area contributed by atoms with Crippen LogP contribution in [0.4, 0.5) is 0 Å². The summed E-state index contributed by atoms with van der Waals surface area (Å²) in [7, 11) is 0. The first-order valence-electron chi connectivity index (χ1n) is 7.34. The van der Waals surface area contributed by atoms with Crippen LogP contribution in [0, 0.1) is 6.92 Å². The van der Waals surface area contributed by atoms with Crippen molar-refractivity contribution in [3.63, 3.8) is 0 Å². The Morgan fingerprint density at radius 2 is 1.85 bits per heavy atom. The predicted molar refractivity (Wildman–Crippen MR) is 80.3 cm³/mol. The lowest BCUT2D eigenvalue weighted by atomic mass is 10.1. The number of aryl methyl sites for hydroxylation is 1. The van der Waals surface area contributed by atoms with Crippen LogP contribution in [0.2, 0.25) is 0 Å². The Morgan fingerprint density at radius 3 is 2.50 bits per heavy atom. The Hall–Kier alpha value is -1.68. The summed E-state index contributed by atoms with van der Waals surface area (Å²) in [5.74, 6) is 1.30. The minimum atomic E-state index is 0.603. The standard InChI is InChI=1S/C16H23N3O/c1-4-6-11-19(5-2)12-15-17-18-16(20-15)14-9-7-13(3)8-10-14/h7-10H,4-6,11-12H2,1-3H3. The molecule has 0 spiro atoms. The molecule has 0 aliphatic rings. The summed E-state index contributed by atoms with van der Waals surface area (Å²) in [4.78, 5) is 2.33. The van der Waals surface area contributed by atoms with Gasteiger partial charge in [-0.25, -0.2) is 0 Å². The van der Waals surface area contributed by atoms with Gasteiger partial charge in [0, 0.05) is 5.56 Å². The number of aromatic nitrogens is 2. The molecule has 0 fully saturated rings. The van der Waals surface area contributed by atoms with Gasteiger partial charge in [0.1, 0.15) is 0 Å². The van der Waals surface area contributed by atoms with Gasteiger partial charge in [-0.15, -0.1) is 10.2 Å². The molecule has 4 heteroatoms. The van der Waals surface area contributed by atoms with Crippen molar-refractivity contribution in [1.82, 2.24) is 15.1 Å². The van der Waals surface area contributed by atoms with E-state index in [1.165, 1.54) is 18.4 Å². The highest BCUT2D eigenvalue weighted by Gasteiger charge is 2.11. The monoisotopic (exact) mass is 273 g/mol. The lowest BCUT2D eigenvalue weighted by molar-refractivity contribution is 0.248. The molecule has 0 aliphatic heterocycles. The van der Waals surface area contributed by atoms with E-state index in [1.807, 2.05) is 12.1 Å². The molecule has 108 valence electrons. The van der Waals surface area contributed by atoms with Gasteiger partial charge in [-0.2, -0.15) is 0 Å². The van der Waals surface area contributed by atoms with Crippen LogP contribution in [0.25, 0.3) is 11.5 Å². The van der Waals surface area contributed by atoms with Crippen molar-refractivity contribution in [1.29, 1.82) is 0 Å². The number of benzene rings is 1. The minimum Gasteiger partial charge on any atom is -0.419 e. The number of nitrogens with zero attached hydrogens (tertiary/aromatic N) is 3. The molecule has 2 aromatic rings. The molecule has 0 bridgehead atoms. The first kappa shape index (κ1) is 14.7. The van der Waals surface area contributed by atoms with Gasteiger partial charge in [-0.05, 0) is 38.6 Å².